The smallest absolute Gasteiger partial charge is 0.344 e. The third-order valence-electron chi connectivity index (χ3n) is 2.39. The average Bonchev–Trinajstić information content (AvgIpc) is 2.86. The van der Waals surface area contributed by atoms with E-state index < -0.39 is 12.1 Å². The summed E-state index contributed by atoms with van der Waals surface area (Å²) >= 11 is 11.8. The van der Waals surface area contributed by atoms with Crippen LogP contribution in [0.3, 0.4) is 0 Å². The summed E-state index contributed by atoms with van der Waals surface area (Å²) in [7, 11) is 0. The first-order valence-corrected chi connectivity index (χ1v) is 6.04. The number of nitrogens with zero attached hydrogens (tertiary/aromatic N) is 1. The first-order chi connectivity index (χ1) is 8.99. The van der Waals surface area contributed by atoms with Crippen molar-refractivity contribution in [2.24, 2.45) is 0 Å². The van der Waals surface area contributed by atoms with E-state index in [1.165, 1.54) is 19.3 Å². The van der Waals surface area contributed by atoms with E-state index in [1.54, 1.807) is 12.1 Å². The van der Waals surface area contributed by atoms with Gasteiger partial charge in [-0.25, -0.2) is 4.79 Å². The molecule has 0 aliphatic rings. The Bertz CT molecular complexity index is 598. The van der Waals surface area contributed by atoms with Gasteiger partial charge in [0.25, 0.3) is 0 Å². The number of hydrogen-bond acceptors (Lipinski definition) is 4. The minimum Gasteiger partial charge on any atom is -0.479 e. The van der Waals surface area contributed by atoms with Crippen LogP contribution in [0.15, 0.2) is 29.0 Å². The SMILES string of the molecule is C[C@H](Oc1cc(Cl)c(Cl)cc1-c1ccon1)C(=O)O. The molecule has 5 nitrogen and oxygen atoms in total. The maximum Gasteiger partial charge on any atom is 0.344 e. The van der Waals surface area contributed by atoms with Crippen LogP contribution in [-0.4, -0.2) is 22.3 Å². The number of carboxylic acid groups (broad SMARTS) is 1. The second-order valence-corrected chi connectivity index (χ2v) is 4.56. The number of carbonyl (C=O) groups is 1. The van der Waals surface area contributed by atoms with Crippen molar-refractivity contribution >= 4 is 29.2 Å². The molecule has 0 aliphatic heterocycles. The Labute approximate surface area is 118 Å². The van der Waals surface area contributed by atoms with Crippen LogP contribution in [0, 0.1) is 0 Å². The molecule has 7 heteroatoms. The van der Waals surface area contributed by atoms with Crippen LogP contribution in [0.1, 0.15) is 6.92 Å². The summed E-state index contributed by atoms with van der Waals surface area (Å²) in [6.07, 6.45) is 0.366. The topological polar surface area (TPSA) is 72.6 Å². The zero-order chi connectivity index (χ0) is 14.0. The van der Waals surface area contributed by atoms with Gasteiger partial charge in [0, 0.05) is 17.7 Å². The average molecular weight is 302 g/mol. The fraction of sp³-hybridized carbons (Fsp3) is 0.167. The van der Waals surface area contributed by atoms with Crippen molar-refractivity contribution in [3.8, 4) is 17.0 Å². The number of aliphatic carboxylic acids is 1. The molecular weight excluding hydrogens is 293 g/mol. The quantitative estimate of drug-likeness (QED) is 0.935. The van der Waals surface area contributed by atoms with Gasteiger partial charge in [-0.05, 0) is 13.0 Å². The molecule has 0 saturated carbocycles. The highest BCUT2D eigenvalue weighted by Crippen LogP contribution is 2.36. The number of rotatable bonds is 4. The van der Waals surface area contributed by atoms with Gasteiger partial charge in [-0.2, -0.15) is 0 Å². The molecule has 0 amide bonds. The van der Waals surface area contributed by atoms with Gasteiger partial charge in [0.1, 0.15) is 17.7 Å². The lowest BCUT2D eigenvalue weighted by Gasteiger charge is -2.14. The van der Waals surface area contributed by atoms with Crippen molar-refractivity contribution < 1.29 is 19.2 Å². The molecule has 0 spiro atoms. The predicted octanol–water partition coefficient (Wildman–Crippen LogP) is 3.50. The molecule has 2 rings (SSSR count). The maximum absolute atomic E-state index is 10.8. The summed E-state index contributed by atoms with van der Waals surface area (Å²) in [4.78, 5) is 10.8. The molecule has 19 heavy (non-hydrogen) atoms. The number of carboxylic acids is 1. The first-order valence-electron chi connectivity index (χ1n) is 5.28. The molecule has 0 unspecified atom stereocenters. The van der Waals surface area contributed by atoms with Crippen LogP contribution in [0.5, 0.6) is 5.75 Å². The Morgan fingerprint density at radius 2 is 2.11 bits per heavy atom. The third kappa shape index (κ3) is 3.00. The van der Waals surface area contributed by atoms with Crippen molar-refractivity contribution in [1.29, 1.82) is 0 Å². The highest BCUT2D eigenvalue weighted by atomic mass is 35.5. The fourth-order valence-corrected chi connectivity index (χ4v) is 1.74. The van der Waals surface area contributed by atoms with E-state index >= 15 is 0 Å². The second-order valence-electron chi connectivity index (χ2n) is 3.75. The molecular formula is C12H9Cl2NO4. The van der Waals surface area contributed by atoms with Gasteiger partial charge in [-0.3, -0.25) is 0 Å². The highest BCUT2D eigenvalue weighted by molar-refractivity contribution is 6.42. The molecule has 1 heterocycles. The van der Waals surface area contributed by atoms with Crippen LogP contribution >= 0.6 is 23.2 Å². The Balaban J connectivity index is 2.46. The Morgan fingerprint density at radius 3 is 2.68 bits per heavy atom. The van der Waals surface area contributed by atoms with E-state index in [1.807, 2.05) is 0 Å². The summed E-state index contributed by atoms with van der Waals surface area (Å²) < 4.78 is 10.1. The predicted molar refractivity (Wildman–Crippen MR) is 69.7 cm³/mol. The van der Waals surface area contributed by atoms with Crippen LogP contribution in [0.2, 0.25) is 10.0 Å². The lowest BCUT2D eigenvalue weighted by atomic mass is 10.1. The molecule has 1 aromatic carbocycles. The van der Waals surface area contributed by atoms with Gasteiger partial charge in [0.2, 0.25) is 0 Å². The molecule has 1 N–H and O–H groups in total. The Morgan fingerprint density at radius 1 is 1.42 bits per heavy atom. The second kappa shape index (κ2) is 5.50. The number of benzene rings is 1. The van der Waals surface area contributed by atoms with Gasteiger partial charge >= 0.3 is 5.97 Å². The normalized spacial score (nSPS) is 12.2. The minimum absolute atomic E-state index is 0.265. The standard InChI is InChI=1S/C12H9Cl2NO4/c1-6(12(16)17)19-11-5-9(14)8(13)4-7(11)10-2-3-18-15-10/h2-6H,1H3,(H,16,17)/t6-/m0/s1. The molecule has 2 aromatic rings. The van der Waals surface area contributed by atoms with Gasteiger partial charge in [0.15, 0.2) is 6.10 Å². The lowest BCUT2D eigenvalue weighted by Crippen LogP contribution is -2.23. The highest BCUT2D eigenvalue weighted by Gasteiger charge is 2.18. The fourth-order valence-electron chi connectivity index (χ4n) is 1.42. The number of aromatic nitrogens is 1. The van der Waals surface area contributed by atoms with E-state index in [0.29, 0.717) is 16.3 Å². The molecule has 0 radical (unpaired) electrons. The molecule has 100 valence electrons. The molecule has 0 saturated heterocycles. The van der Waals surface area contributed by atoms with Gasteiger partial charge in [0.05, 0.1) is 10.0 Å². The Kier molecular flexibility index (Phi) is 3.97. The summed E-state index contributed by atoms with van der Waals surface area (Å²) in [5.74, 6) is -0.810. The van der Waals surface area contributed by atoms with Crippen molar-refractivity contribution in [2.45, 2.75) is 13.0 Å². The molecule has 0 fully saturated rings. The van der Waals surface area contributed by atoms with Gasteiger partial charge in [-0.1, -0.05) is 28.4 Å². The van der Waals surface area contributed by atoms with Crippen molar-refractivity contribution in [3.63, 3.8) is 0 Å². The summed E-state index contributed by atoms with van der Waals surface area (Å²) in [5, 5.41) is 13.2. The van der Waals surface area contributed by atoms with Crippen molar-refractivity contribution in [2.75, 3.05) is 0 Å². The molecule has 0 bridgehead atoms. The number of ether oxygens (including phenoxy) is 1. The van der Waals surface area contributed by atoms with Crippen LogP contribution in [0.25, 0.3) is 11.3 Å². The first kappa shape index (κ1) is 13.7. The minimum atomic E-state index is -1.09. The summed E-state index contributed by atoms with van der Waals surface area (Å²) in [6.45, 7) is 1.41. The summed E-state index contributed by atoms with van der Waals surface area (Å²) in [6, 6.07) is 4.61. The largest absolute Gasteiger partial charge is 0.479 e. The molecule has 0 aliphatic carbocycles. The number of hydrogen-bond donors (Lipinski definition) is 1. The van der Waals surface area contributed by atoms with E-state index in [2.05, 4.69) is 5.16 Å². The van der Waals surface area contributed by atoms with Crippen LogP contribution < -0.4 is 4.74 Å². The van der Waals surface area contributed by atoms with Gasteiger partial charge in [-0.15, -0.1) is 0 Å². The van der Waals surface area contributed by atoms with E-state index in [4.69, 9.17) is 37.6 Å². The number of halogens is 2. The monoisotopic (exact) mass is 301 g/mol. The van der Waals surface area contributed by atoms with Crippen LogP contribution in [0.4, 0.5) is 0 Å². The Hall–Kier alpha value is -1.72. The van der Waals surface area contributed by atoms with Crippen molar-refractivity contribution in [1.82, 2.24) is 5.16 Å². The van der Waals surface area contributed by atoms with E-state index in [9.17, 15) is 4.79 Å². The third-order valence-corrected chi connectivity index (χ3v) is 3.11. The summed E-state index contributed by atoms with van der Waals surface area (Å²) in [5.41, 5.74) is 0.988. The zero-order valence-corrected chi connectivity index (χ0v) is 11.3. The van der Waals surface area contributed by atoms with E-state index in [0.717, 1.165) is 0 Å². The maximum atomic E-state index is 10.8. The lowest BCUT2D eigenvalue weighted by molar-refractivity contribution is -0.144. The van der Waals surface area contributed by atoms with Crippen LogP contribution in [-0.2, 0) is 4.79 Å². The van der Waals surface area contributed by atoms with E-state index in [-0.39, 0.29) is 10.8 Å². The van der Waals surface area contributed by atoms with Gasteiger partial charge < -0.3 is 14.4 Å². The zero-order valence-electron chi connectivity index (χ0n) is 9.76. The molecule has 1 aromatic heterocycles. The van der Waals surface area contributed by atoms with Crippen molar-refractivity contribution in [3.05, 3.63) is 34.5 Å². The molecule has 1 atom stereocenters.